The van der Waals surface area contributed by atoms with Gasteiger partial charge < -0.3 is 15.6 Å². The van der Waals surface area contributed by atoms with Crippen LogP contribution in [0.4, 0.5) is 5.69 Å². The summed E-state index contributed by atoms with van der Waals surface area (Å²) in [6.45, 7) is 0.643. The van der Waals surface area contributed by atoms with Gasteiger partial charge in [-0.05, 0) is 22.8 Å². The monoisotopic (exact) mass is 379 g/mol. The fourth-order valence-corrected chi connectivity index (χ4v) is 3.43. The van der Waals surface area contributed by atoms with Crippen molar-refractivity contribution >= 4 is 23.5 Å². The number of hydroxylamine groups is 1. The Kier molecular flexibility index (Phi) is 6.24. The van der Waals surface area contributed by atoms with E-state index in [4.69, 9.17) is 21.8 Å². The van der Waals surface area contributed by atoms with Crippen LogP contribution in [0.3, 0.4) is 0 Å². The standard InChI is InChI=1S/C22H22ClN3O/c1-25-21-8-4-6-18(20(21)13-24)19-7-3-5-17(22(19)23)16-11-9-15(10-12-16)14-26-27-2/h3-13,24-26H,14H2,1-2H3. The zero-order valence-corrected chi connectivity index (χ0v) is 16.1. The Morgan fingerprint density at radius 1 is 0.963 bits per heavy atom. The molecule has 0 amide bonds. The molecule has 0 spiro atoms. The van der Waals surface area contributed by atoms with Crippen molar-refractivity contribution < 1.29 is 4.84 Å². The first-order valence-electron chi connectivity index (χ1n) is 8.65. The van der Waals surface area contributed by atoms with E-state index in [1.54, 1.807) is 7.11 Å². The fraction of sp³-hybridized carbons (Fsp3) is 0.136. The van der Waals surface area contributed by atoms with Crippen LogP contribution in [0, 0.1) is 5.41 Å². The van der Waals surface area contributed by atoms with Gasteiger partial charge in [0.1, 0.15) is 0 Å². The molecule has 0 aromatic heterocycles. The van der Waals surface area contributed by atoms with Gasteiger partial charge >= 0.3 is 0 Å². The predicted molar refractivity (Wildman–Crippen MR) is 114 cm³/mol. The molecular weight excluding hydrogens is 358 g/mol. The number of nitrogens with one attached hydrogen (secondary N) is 3. The second-order valence-electron chi connectivity index (χ2n) is 6.05. The molecule has 0 unspecified atom stereocenters. The van der Waals surface area contributed by atoms with E-state index in [0.717, 1.165) is 39.1 Å². The van der Waals surface area contributed by atoms with E-state index in [9.17, 15) is 0 Å². The van der Waals surface area contributed by atoms with Gasteiger partial charge in [0.25, 0.3) is 0 Å². The van der Waals surface area contributed by atoms with Gasteiger partial charge in [0.05, 0.1) is 12.1 Å². The van der Waals surface area contributed by atoms with Crippen molar-refractivity contribution in [3.05, 3.63) is 76.8 Å². The third kappa shape index (κ3) is 4.03. The molecule has 0 aliphatic carbocycles. The molecular formula is C22H22ClN3O. The van der Waals surface area contributed by atoms with E-state index in [1.165, 1.54) is 6.21 Å². The molecule has 3 aromatic carbocycles. The first-order chi connectivity index (χ1) is 13.2. The molecule has 3 N–H and O–H groups in total. The summed E-state index contributed by atoms with van der Waals surface area (Å²) in [7, 11) is 3.45. The van der Waals surface area contributed by atoms with Crippen LogP contribution in [0.2, 0.25) is 5.02 Å². The zero-order valence-electron chi connectivity index (χ0n) is 15.3. The van der Waals surface area contributed by atoms with E-state index < -0.39 is 0 Å². The topological polar surface area (TPSA) is 57.1 Å². The summed E-state index contributed by atoms with van der Waals surface area (Å²) in [5, 5.41) is 11.6. The second-order valence-corrected chi connectivity index (χ2v) is 6.43. The maximum absolute atomic E-state index is 7.82. The van der Waals surface area contributed by atoms with Gasteiger partial charge in [-0.2, -0.15) is 5.48 Å². The van der Waals surface area contributed by atoms with Crippen LogP contribution >= 0.6 is 11.6 Å². The van der Waals surface area contributed by atoms with Crippen molar-refractivity contribution in [3.8, 4) is 22.3 Å². The van der Waals surface area contributed by atoms with Crippen LogP contribution in [0.25, 0.3) is 22.3 Å². The molecule has 3 rings (SSSR count). The average Bonchev–Trinajstić information content (AvgIpc) is 2.72. The van der Waals surface area contributed by atoms with E-state index in [1.807, 2.05) is 43.4 Å². The lowest BCUT2D eigenvalue weighted by Crippen LogP contribution is -2.10. The molecule has 5 heteroatoms. The second kappa shape index (κ2) is 8.82. The summed E-state index contributed by atoms with van der Waals surface area (Å²) in [6.07, 6.45) is 1.36. The van der Waals surface area contributed by atoms with Gasteiger partial charge in [-0.1, -0.05) is 66.2 Å². The molecule has 0 aliphatic rings. The van der Waals surface area contributed by atoms with Gasteiger partial charge in [-0.25, -0.2) is 0 Å². The number of rotatable bonds is 7. The maximum atomic E-state index is 7.82. The number of anilines is 1. The summed E-state index contributed by atoms with van der Waals surface area (Å²) in [4.78, 5) is 4.89. The van der Waals surface area contributed by atoms with Crippen molar-refractivity contribution in [3.63, 3.8) is 0 Å². The van der Waals surface area contributed by atoms with Crippen LogP contribution in [0.15, 0.2) is 60.7 Å². The lowest BCUT2D eigenvalue weighted by molar-refractivity contribution is 0.0867. The highest BCUT2D eigenvalue weighted by Gasteiger charge is 2.14. The van der Waals surface area contributed by atoms with E-state index >= 15 is 0 Å². The Labute approximate surface area is 164 Å². The van der Waals surface area contributed by atoms with Crippen LogP contribution < -0.4 is 10.8 Å². The molecule has 0 fully saturated rings. The lowest BCUT2D eigenvalue weighted by Gasteiger charge is -2.15. The quantitative estimate of drug-likeness (QED) is 0.382. The summed E-state index contributed by atoms with van der Waals surface area (Å²) in [6, 6.07) is 20.1. The summed E-state index contributed by atoms with van der Waals surface area (Å²) in [5.41, 5.74) is 9.54. The molecule has 138 valence electrons. The Hall–Kier alpha value is -2.66. The molecule has 0 saturated carbocycles. The van der Waals surface area contributed by atoms with Crippen LogP contribution in [0.1, 0.15) is 11.1 Å². The Morgan fingerprint density at radius 3 is 2.30 bits per heavy atom. The average molecular weight is 380 g/mol. The zero-order chi connectivity index (χ0) is 19.2. The number of hydrogen-bond donors (Lipinski definition) is 3. The van der Waals surface area contributed by atoms with E-state index in [2.05, 4.69) is 35.1 Å². The maximum Gasteiger partial charge on any atom is 0.0572 e. The molecule has 0 bridgehead atoms. The Balaban J connectivity index is 2.04. The minimum Gasteiger partial charge on any atom is -0.388 e. The highest BCUT2D eigenvalue weighted by molar-refractivity contribution is 6.36. The number of benzene rings is 3. The molecule has 0 saturated heterocycles. The molecule has 3 aromatic rings. The van der Waals surface area contributed by atoms with Gasteiger partial charge in [0.2, 0.25) is 0 Å². The molecule has 4 nitrogen and oxygen atoms in total. The third-order valence-electron chi connectivity index (χ3n) is 4.49. The van der Waals surface area contributed by atoms with Crippen LogP contribution in [-0.4, -0.2) is 20.4 Å². The largest absolute Gasteiger partial charge is 0.388 e. The van der Waals surface area contributed by atoms with Crippen molar-refractivity contribution in [2.45, 2.75) is 6.54 Å². The van der Waals surface area contributed by atoms with Gasteiger partial charge in [-0.15, -0.1) is 0 Å². The number of hydrogen-bond acceptors (Lipinski definition) is 4. The first kappa shape index (κ1) is 19.1. The lowest BCUT2D eigenvalue weighted by atomic mass is 9.94. The normalized spacial score (nSPS) is 10.6. The molecule has 0 atom stereocenters. The van der Waals surface area contributed by atoms with Gasteiger partial charge in [-0.3, -0.25) is 0 Å². The minimum absolute atomic E-state index is 0.643. The highest BCUT2D eigenvalue weighted by atomic mass is 35.5. The molecule has 0 heterocycles. The van der Waals surface area contributed by atoms with E-state index in [0.29, 0.717) is 11.6 Å². The SMILES string of the molecule is CNc1cccc(-c2cccc(-c3ccc(CNOC)cc3)c2Cl)c1C=N. The number of halogens is 1. The van der Waals surface area contributed by atoms with E-state index in [-0.39, 0.29) is 0 Å². The summed E-state index contributed by atoms with van der Waals surface area (Å²) < 4.78 is 0. The van der Waals surface area contributed by atoms with Crippen molar-refractivity contribution in [1.82, 2.24) is 5.48 Å². The summed E-state index contributed by atoms with van der Waals surface area (Å²) in [5.74, 6) is 0. The van der Waals surface area contributed by atoms with Crippen molar-refractivity contribution in [2.75, 3.05) is 19.5 Å². The van der Waals surface area contributed by atoms with Gasteiger partial charge in [0, 0.05) is 42.2 Å². The van der Waals surface area contributed by atoms with Crippen LogP contribution in [-0.2, 0) is 11.4 Å². The van der Waals surface area contributed by atoms with Gasteiger partial charge in [0.15, 0.2) is 0 Å². The smallest absolute Gasteiger partial charge is 0.0572 e. The molecule has 0 radical (unpaired) electrons. The van der Waals surface area contributed by atoms with Crippen molar-refractivity contribution in [2.24, 2.45) is 0 Å². The first-order valence-corrected chi connectivity index (χ1v) is 9.02. The molecule has 0 aliphatic heterocycles. The van der Waals surface area contributed by atoms with Crippen LogP contribution in [0.5, 0.6) is 0 Å². The molecule has 27 heavy (non-hydrogen) atoms. The summed E-state index contributed by atoms with van der Waals surface area (Å²) >= 11 is 6.80. The van der Waals surface area contributed by atoms with Crippen molar-refractivity contribution in [1.29, 1.82) is 5.41 Å². The third-order valence-corrected chi connectivity index (χ3v) is 4.90. The fourth-order valence-electron chi connectivity index (χ4n) is 3.09. The Morgan fingerprint density at radius 2 is 1.63 bits per heavy atom. The Bertz CT molecular complexity index is 939. The minimum atomic E-state index is 0.643. The predicted octanol–water partition coefficient (Wildman–Crippen LogP) is 5.36. The highest BCUT2D eigenvalue weighted by Crippen LogP contribution is 2.38.